The Labute approximate surface area is 102 Å². The zero-order chi connectivity index (χ0) is 13.1. The predicted octanol–water partition coefficient (Wildman–Crippen LogP) is 1.52. The Morgan fingerprint density at radius 1 is 1.35 bits per heavy atom. The molecule has 5 heteroatoms. The normalized spacial score (nSPS) is 21.3. The highest BCUT2D eigenvalue weighted by molar-refractivity contribution is 5.75. The van der Waals surface area contributed by atoms with Gasteiger partial charge in [-0.1, -0.05) is 0 Å². The van der Waals surface area contributed by atoms with Crippen molar-refractivity contribution in [3.8, 4) is 0 Å². The number of ether oxygens (including phenoxy) is 1. The van der Waals surface area contributed by atoms with Crippen LogP contribution in [0.25, 0.3) is 0 Å². The first-order valence-electron chi connectivity index (χ1n) is 5.90. The van der Waals surface area contributed by atoms with Gasteiger partial charge in [-0.2, -0.15) is 0 Å². The van der Waals surface area contributed by atoms with Crippen molar-refractivity contribution >= 4 is 11.9 Å². The molecule has 1 unspecified atom stereocenters. The highest BCUT2D eigenvalue weighted by Crippen LogP contribution is 2.24. The molecule has 1 aliphatic heterocycles. The zero-order valence-electron chi connectivity index (χ0n) is 11.0. The van der Waals surface area contributed by atoms with Crippen molar-refractivity contribution in [3.63, 3.8) is 0 Å². The highest BCUT2D eigenvalue weighted by atomic mass is 16.7. The zero-order valence-corrected chi connectivity index (χ0v) is 11.0. The van der Waals surface area contributed by atoms with Crippen LogP contribution >= 0.6 is 0 Å². The number of rotatable bonds is 3. The number of methoxy groups -OCH3 is 1. The van der Waals surface area contributed by atoms with Crippen molar-refractivity contribution in [3.05, 3.63) is 0 Å². The van der Waals surface area contributed by atoms with Gasteiger partial charge in [-0.3, -0.25) is 4.79 Å². The maximum atomic E-state index is 11.7. The Bertz CT molecular complexity index is 295. The van der Waals surface area contributed by atoms with Gasteiger partial charge in [-0.15, -0.1) is 5.06 Å². The van der Waals surface area contributed by atoms with Gasteiger partial charge in [-0.25, -0.2) is 4.79 Å². The van der Waals surface area contributed by atoms with E-state index in [1.165, 1.54) is 7.11 Å². The second-order valence-electron chi connectivity index (χ2n) is 5.35. The molecule has 0 radical (unpaired) electrons. The number of esters is 1. The van der Waals surface area contributed by atoms with Crippen LogP contribution in [0.5, 0.6) is 0 Å². The average Bonchev–Trinajstić information content (AvgIpc) is 2.64. The quantitative estimate of drug-likeness (QED) is 0.703. The average molecular weight is 243 g/mol. The molecule has 0 aromatic rings. The van der Waals surface area contributed by atoms with Gasteiger partial charge < -0.3 is 9.57 Å². The van der Waals surface area contributed by atoms with Crippen LogP contribution in [0.4, 0.5) is 0 Å². The minimum absolute atomic E-state index is 0.0475. The minimum Gasteiger partial charge on any atom is -0.469 e. The number of carbonyl (C=O) groups is 2. The van der Waals surface area contributed by atoms with E-state index in [0.717, 1.165) is 12.8 Å². The van der Waals surface area contributed by atoms with Gasteiger partial charge in [0.25, 0.3) is 0 Å². The SMILES string of the molecule is COC(=O)CC1CCCN1OC(=O)C(C)(C)C. The fourth-order valence-corrected chi connectivity index (χ4v) is 1.65. The van der Waals surface area contributed by atoms with Crippen molar-refractivity contribution in [2.75, 3.05) is 13.7 Å². The summed E-state index contributed by atoms with van der Waals surface area (Å²) in [5.41, 5.74) is -0.529. The maximum absolute atomic E-state index is 11.7. The minimum atomic E-state index is -0.529. The summed E-state index contributed by atoms with van der Waals surface area (Å²) in [6.07, 6.45) is 2.06. The molecule has 0 amide bonds. The van der Waals surface area contributed by atoms with Crippen LogP contribution in [-0.4, -0.2) is 36.7 Å². The molecule has 1 aliphatic rings. The summed E-state index contributed by atoms with van der Waals surface area (Å²) in [6, 6.07) is -0.0475. The molecule has 0 saturated carbocycles. The summed E-state index contributed by atoms with van der Waals surface area (Å²) in [5.74, 6) is -0.539. The third-order valence-corrected chi connectivity index (χ3v) is 2.77. The van der Waals surface area contributed by atoms with Crippen LogP contribution in [0, 0.1) is 5.41 Å². The van der Waals surface area contributed by atoms with Gasteiger partial charge in [-0.05, 0) is 33.6 Å². The monoisotopic (exact) mass is 243 g/mol. The molecule has 0 bridgehead atoms. The van der Waals surface area contributed by atoms with E-state index in [2.05, 4.69) is 4.74 Å². The van der Waals surface area contributed by atoms with Gasteiger partial charge >= 0.3 is 11.9 Å². The van der Waals surface area contributed by atoms with Crippen LogP contribution in [-0.2, 0) is 19.2 Å². The molecule has 0 spiro atoms. The van der Waals surface area contributed by atoms with E-state index in [-0.39, 0.29) is 24.4 Å². The molecule has 0 N–H and O–H groups in total. The summed E-state index contributed by atoms with van der Waals surface area (Å²) < 4.78 is 4.63. The Morgan fingerprint density at radius 2 is 2.00 bits per heavy atom. The number of hydrogen-bond donors (Lipinski definition) is 0. The summed E-state index contributed by atoms with van der Waals surface area (Å²) in [5, 5.41) is 1.62. The topological polar surface area (TPSA) is 55.8 Å². The lowest BCUT2D eigenvalue weighted by atomic mass is 9.98. The smallest absolute Gasteiger partial charge is 0.330 e. The Hall–Kier alpha value is -1.10. The number of hydrogen-bond acceptors (Lipinski definition) is 5. The van der Waals surface area contributed by atoms with Crippen molar-refractivity contribution in [1.29, 1.82) is 0 Å². The van der Waals surface area contributed by atoms with Gasteiger partial charge in [0.1, 0.15) is 0 Å². The molecule has 98 valence electrons. The van der Waals surface area contributed by atoms with Crippen molar-refractivity contribution in [1.82, 2.24) is 5.06 Å². The molecule has 0 aliphatic carbocycles. The second kappa shape index (κ2) is 5.49. The number of hydroxylamine groups is 2. The van der Waals surface area contributed by atoms with Crippen LogP contribution in [0.1, 0.15) is 40.0 Å². The van der Waals surface area contributed by atoms with Crippen molar-refractivity contribution in [2.24, 2.45) is 5.41 Å². The first-order valence-corrected chi connectivity index (χ1v) is 5.90. The maximum Gasteiger partial charge on any atom is 0.330 e. The van der Waals surface area contributed by atoms with Crippen LogP contribution in [0.3, 0.4) is 0 Å². The fourth-order valence-electron chi connectivity index (χ4n) is 1.65. The molecule has 1 fully saturated rings. The van der Waals surface area contributed by atoms with Gasteiger partial charge in [0.2, 0.25) is 0 Å². The Kier molecular flexibility index (Phi) is 4.51. The summed E-state index contributed by atoms with van der Waals surface area (Å²) in [7, 11) is 1.36. The Morgan fingerprint density at radius 3 is 2.53 bits per heavy atom. The van der Waals surface area contributed by atoms with Gasteiger partial charge in [0.05, 0.1) is 25.0 Å². The van der Waals surface area contributed by atoms with E-state index in [0.29, 0.717) is 6.54 Å². The van der Waals surface area contributed by atoms with E-state index >= 15 is 0 Å². The molecular formula is C12H21NO4. The predicted molar refractivity (Wildman–Crippen MR) is 61.9 cm³/mol. The molecule has 1 heterocycles. The molecule has 1 rings (SSSR count). The molecule has 0 aromatic carbocycles. The van der Waals surface area contributed by atoms with Crippen LogP contribution in [0.2, 0.25) is 0 Å². The first-order chi connectivity index (χ1) is 7.84. The molecular weight excluding hydrogens is 222 g/mol. The Balaban J connectivity index is 2.52. The summed E-state index contributed by atoms with van der Waals surface area (Å²) in [4.78, 5) is 28.3. The molecule has 5 nitrogen and oxygen atoms in total. The molecule has 1 saturated heterocycles. The van der Waals surface area contributed by atoms with E-state index in [4.69, 9.17) is 4.84 Å². The lowest BCUT2D eigenvalue weighted by molar-refractivity contribution is -0.205. The number of nitrogens with zero attached hydrogens (tertiary/aromatic N) is 1. The van der Waals surface area contributed by atoms with Gasteiger partial charge in [0, 0.05) is 6.54 Å². The highest BCUT2D eigenvalue weighted by Gasteiger charge is 2.33. The van der Waals surface area contributed by atoms with Crippen LogP contribution < -0.4 is 0 Å². The molecule has 0 aromatic heterocycles. The second-order valence-corrected chi connectivity index (χ2v) is 5.35. The standard InChI is InChI=1S/C12H21NO4/c1-12(2,3)11(15)17-13-7-5-6-9(13)8-10(14)16-4/h9H,5-8H2,1-4H3. The van der Waals surface area contributed by atoms with E-state index in [9.17, 15) is 9.59 Å². The van der Waals surface area contributed by atoms with Crippen LogP contribution in [0.15, 0.2) is 0 Å². The lowest BCUT2D eigenvalue weighted by Gasteiger charge is -2.26. The largest absolute Gasteiger partial charge is 0.469 e. The molecule has 1 atom stereocenters. The summed E-state index contributed by atoms with van der Waals surface area (Å²) >= 11 is 0. The van der Waals surface area contributed by atoms with Crippen molar-refractivity contribution < 1.29 is 19.2 Å². The lowest BCUT2D eigenvalue weighted by Crippen LogP contribution is -2.37. The first kappa shape index (κ1) is 14.0. The third kappa shape index (κ3) is 4.00. The van der Waals surface area contributed by atoms with E-state index < -0.39 is 5.41 Å². The van der Waals surface area contributed by atoms with Gasteiger partial charge in [0.15, 0.2) is 0 Å². The van der Waals surface area contributed by atoms with E-state index in [1.54, 1.807) is 25.8 Å². The summed E-state index contributed by atoms with van der Waals surface area (Å²) in [6.45, 7) is 6.10. The van der Waals surface area contributed by atoms with Crippen molar-refractivity contribution in [2.45, 2.75) is 46.1 Å². The molecule has 17 heavy (non-hydrogen) atoms. The van der Waals surface area contributed by atoms with E-state index in [1.807, 2.05) is 0 Å². The fraction of sp³-hybridized carbons (Fsp3) is 0.833. The third-order valence-electron chi connectivity index (χ3n) is 2.77. The number of carbonyl (C=O) groups excluding carboxylic acids is 2.